The first-order valence-corrected chi connectivity index (χ1v) is 7.28. The topological polar surface area (TPSA) is 41.9 Å². The molecule has 1 aliphatic rings. The van der Waals surface area contributed by atoms with E-state index in [2.05, 4.69) is 35.6 Å². The minimum Gasteiger partial charge on any atom is -0.367 e. The average Bonchev–Trinajstić information content (AvgIpc) is 2.76. The Labute approximate surface area is 110 Å². The van der Waals surface area contributed by atoms with Gasteiger partial charge in [0.15, 0.2) is 0 Å². The standard InChI is InChI=1S/C14H26N4/c1-12(2)18-10-8-14(17-18)16-11-13-7-5-3-4-6-9-15-13/h8,10,12-13,15H,3-7,9,11H2,1-2H3,(H,16,17). The van der Waals surface area contributed by atoms with Crippen LogP contribution in [0.15, 0.2) is 12.3 Å². The van der Waals surface area contributed by atoms with Crippen molar-refractivity contribution in [2.75, 3.05) is 18.4 Å². The van der Waals surface area contributed by atoms with Crippen molar-refractivity contribution in [2.45, 2.75) is 58.0 Å². The summed E-state index contributed by atoms with van der Waals surface area (Å²) in [6.45, 7) is 6.43. The second-order valence-electron chi connectivity index (χ2n) is 5.51. The normalized spacial score (nSPS) is 21.6. The lowest BCUT2D eigenvalue weighted by molar-refractivity contribution is 0.428. The third kappa shape index (κ3) is 4.02. The van der Waals surface area contributed by atoms with Crippen LogP contribution in [0.5, 0.6) is 0 Å². The van der Waals surface area contributed by atoms with Crippen molar-refractivity contribution in [1.82, 2.24) is 15.1 Å². The SMILES string of the molecule is CC(C)n1ccc(NCC2CCCCCCN2)n1. The summed E-state index contributed by atoms with van der Waals surface area (Å²) in [6.07, 6.45) is 8.75. The zero-order chi connectivity index (χ0) is 12.8. The first-order valence-electron chi connectivity index (χ1n) is 7.28. The van der Waals surface area contributed by atoms with E-state index in [4.69, 9.17) is 0 Å². The highest BCUT2D eigenvalue weighted by Gasteiger charge is 2.10. The summed E-state index contributed by atoms with van der Waals surface area (Å²) in [5.74, 6) is 0.993. The predicted molar refractivity (Wildman–Crippen MR) is 76.0 cm³/mol. The molecule has 0 aromatic carbocycles. The molecule has 2 rings (SSSR count). The molecule has 1 atom stereocenters. The molecule has 0 saturated carbocycles. The van der Waals surface area contributed by atoms with Crippen LogP contribution in [0.4, 0.5) is 5.82 Å². The highest BCUT2D eigenvalue weighted by atomic mass is 15.3. The van der Waals surface area contributed by atoms with Gasteiger partial charge >= 0.3 is 0 Å². The summed E-state index contributed by atoms with van der Waals surface area (Å²) < 4.78 is 1.99. The fraction of sp³-hybridized carbons (Fsp3) is 0.786. The average molecular weight is 250 g/mol. The second-order valence-corrected chi connectivity index (χ2v) is 5.51. The summed E-state index contributed by atoms with van der Waals surface area (Å²) in [7, 11) is 0. The Bertz CT molecular complexity index is 337. The highest BCUT2D eigenvalue weighted by molar-refractivity contribution is 5.32. The van der Waals surface area contributed by atoms with Gasteiger partial charge in [0.2, 0.25) is 0 Å². The molecule has 0 amide bonds. The molecule has 1 saturated heterocycles. The minimum atomic E-state index is 0.431. The van der Waals surface area contributed by atoms with Crippen molar-refractivity contribution < 1.29 is 0 Å². The van der Waals surface area contributed by atoms with Crippen LogP contribution in [0.2, 0.25) is 0 Å². The Kier molecular flexibility index (Phi) is 5.05. The number of hydrogen-bond donors (Lipinski definition) is 2. The molecule has 4 nitrogen and oxygen atoms in total. The van der Waals surface area contributed by atoms with E-state index < -0.39 is 0 Å². The van der Waals surface area contributed by atoms with E-state index in [1.54, 1.807) is 0 Å². The number of nitrogens with zero attached hydrogens (tertiary/aromatic N) is 2. The maximum absolute atomic E-state index is 4.51. The Hall–Kier alpha value is -1.03. The largest absolute Gasteiger partial charge is 0.367 e. The lowest BCUT2D eigenvalue weighted by Gasteiger charge is -2.21. The molecule has 1 aromatic heterocycles. The smallest absolute Gasteiger partial charge is 0.148 e. The Morgan fingerprint density at radius 1 is 1.39 bits per heavy atom. The van der Waals surface area contributed by atoms with Crippen LogP contribution in [-0.4, -0.2) is 28.9 Å². The van der Waals surface area contributed by atoms with Gasteiger partial charge in [-0.3, -0.25) is 4.68 Å². The van der Waals surface area contributed by atoms with Crippen LogP contribution < -0.4 is 10.6 Å². The van der Waals surface area contributed by atoms with Gasteiger partial charge < -0.3 is 10.6 Å². The fourth-order valence-corrected chi connectivity index (χ4v) is 2.40. The first-order chi connectivity index (χ1) is 8.75. The van der Waals surface area contributed by atoms with Gasteiger partial charge in [-0.25, -0.2) is 0 Å². The summed E-state index contributed by atoms with van der Waals surface area (Å²) in [5, 5.41) is 11.6. The highest BCUT2D eigenvalue weighted by Crippen LogP contribution is 2.11. The molecule has 1 unspecified atom stereocenters. The molecule has 0 spiro atoms. The Morgan fingerprint density at radius 2 is 2.22 bits per heavy atom. The van der Waals surface area contributed by atoms with Crippen molar-refractivity contribution in [2.24, 2.45) is 0 Å². The molecule has 1 fully saturated rings. The molecule has 4 heteroatoms. The molecule has 0 aliphatic carbocycles. The molecular weight excluding hydrogens is 224 g/mol. The van der Waals surface area contributed by atoms with Gasteiger partial charge in [0.05, 0.1) is 0 Å². The van der Waals surface area contributed by atoms with Crippen LogP contribution in [0.1, 0.15) is 52.0 Å². The molecule has 18 heavy (non-hydrogen) atoms. The number of rotatable bonds is 4. The van der Waals surface area contributed by atoms with Crippen LogP contribution in [0, 0.1) is 0 Å². The zero-order valence-electron chi connectivity index (χ0n) is 11.7. The van der Waals surface area contributed by atoms with Gasteiger partial charge in [0, 0.05) is 30.9 Å². The molecule has 0 bridgehead atoms. The van der Waals surface area contributed by atoms with Crippen LogP contribution in [-0.2, 0) is 0 Å². The summed E-state index contributed by atoms with van der Waals surface area (Å²) >= 11 is 0. The van der Waals surface area contributed by atoms with Crippen LogP contribution in [0.25, 0.3) is 0 Å². The predicted octanol–water partition coefficient (Wildman–Crippen LogP) is 2.80. The maximum Gasteiger partial charge on any atom is 0.148 e. The lowest BCUT2D eigenvalue weighted by atomic mass is 10.0. The molecule has 1 aromatic rings. The van der Waals surface area contributed by atoms with E-state index in [9.17, 15) is 0 Å². The van der Waals surface area contributed by atoms with E-state index in [1.807, 2.05) is 10.9 Å². The van der Waals surface area contributed by atoms with Crippen LogP contribution >= 0.6 is 0 Å². The molecule has 0 radical (unpaired) electrons. The van der Waals surface area contributed by atoms with E-state index in [-0.39, 0.29) is 0 Å². The Balaban J connectivity index is 1.78. The maximum atomic E-state index is 4.51. The van der Waals surface area contributed by atoms with Gasteiger partial charge in [0.25, 0.3) is 0 Å². The number of hydrogen-bond acceptors (Lipinski definition) is 3. The van der Waals surface area contributed by atoms with Crippen molar-refractivity contribution in [3.63, 3.8) is 0 Å². The molecule has 2 heterocycles. The van der Waals surface area contributed by atoms with Gasteiger partial charge in [-0.2, -0.15) is 5.10 Å². The molecule has 102 valence electrons. The number of nitrogens with one attached hydrogen (secondary N) is 2. The quantitative estimate of drug-likeness (QED) is 0.863. The lowest BCUT2D eigenvalue weighted by Crippen LogP contribution is -2.37. The van der Waals surface area contributed by atoms with Gasteiger partial charge in [-0.05, 0) is 33.2 Å². The van der Waals surface area contributed by atoms with Crippen LogP contribution in [0.3, 0.4) is 0 Å². The van der Waals surface area contributed by atoms with Gasteiger partial charge in [0.1, 0.15) is 5.82 Å². The van der Waals surface area contributed by atoms with E-state index >= 15 is 0 Å². The monoisotopic (exact) mass is 250 g/mol. The van der Waals surface area contributed by atoms with Crippen molar-refractivity contribution >= 4 is 5.82 Å². The van der Waals surface area contributed by atoms with Gasteiger partial charge in [-0.15, -0.1) is 0 Å². The van der Waals surface area contributed by atoms with E-state index in [0.717, 1.165) is 18.9 Å². The van der Waals surface area contributed by atoms with Crippen molar-refractivity contribution in [3.05, 3.63) is 12.3 Å². The van der Waals surface area contributed by atoms with E-state index in [1.165, 1.54) is 32.1 Å². The molecule has 1 aliphatic heterocycles. The third-order valence-electron chi connectivity index (χ3n) is 3.58. The first kappa shape index (κ1) is 13.4. The summed E-state index contributed by atoms with van der Waals surface area (Å²) in [6, 6.07) is 3.08. The van der Waals surface area contributed by atoms with Crippen molar-refractivity contribution in [1.29, 1.82) is 0 Å². The summed E-state index contributed by atoms with van der Waals surface area (Å²) in [5.41, 5.74) is 0. The fourth-order valence-electron chi connectivity index (χ4n) is 2.40. The molecule has 2 N–H and O–H groups in total. The molecular formula is C14H26N4. The third-order valence-corrected chi connectivity index (χ3v) is 3.58. The summed E-state index contributed by atoms with van der Waals surface area (Å²) in [4.78, 5) is 0. The van der Waals surface area contributed by atoms with Gasteiger partial charge in [-0.1, -0.05) is 19.3 Å². The second kappa shape index (κ2) is 6.78. The zero-order valence-corrected chi connectivity index (χ0v) is 11.7. The Morgan fingerprint density at radius 3 is 3.00 bits per heavy atom. The number of aromatic nitrogens is 2. The van der Waals surface area contributed by atoms with E-state index in [0.29, 0.717) is 12.1 Å². The van der Waals surface area contributed by atoms with Crippen molar-refractivity contribution in [3.8, 4) is 0 Å². The number of anilines is 1. The minimum absolute atomic E-state index is 0.431.